The molecule has 0 radical (unpaired) electrons. The summed E-state index contributed by atoms with van der Waals surface area (Å²) in [6.45, 7) is 1.17. The lowest BCUT2D eigenvalue weighted by Gasteiger charge is -2.23. The van der Waals surface area contributed by atoms with Gasteiger partial charge in [-0.15, -0.1) is 0 Å². The van der Waals surface area contributed by atoms with Gasteiger partial charge in [0.05, 0.1) is 6.04 Å². The van der Waals surface area contributed by atoms with Crippen molar-refractivity contribution in [2.45, 2.75) is 38.1 Å². The molecule has 0 spiro atoms. The summed E-state index contributed by atoms with van der Waals surface area (Å²) in [5, 5.41) is 3.16. The Hall–Kier alpha value is -2.69. The predicted octanol–water partition coefficient (Wildman–Crippen LogP) is 3.59. The van der Waals surface area contributed by atoms with Gasteiger partial charge in [-0.25, -0.2) is 0 Å². The normalized spacial score (nSPS) is 18.3. The Labute approximate surface area is 165 Å². The van der Waals surface area contributed by atoms with Crippen LogP contribution in [0.25, 0.3) is 0 Å². The summed E-state index contributed by atoms with van der Waals surface area (Å²) in [4.78, 5) is 12.6. The molecule has 0 aromatic heterocycles. The van der Waals surface area contributed by atoms with Crippen LogP contribution in [0.3, 0.4) is 0 Å². The van der Waals surface area contributed by atoms with Crippen molar-refractivity contribution < 1.29 is 19.0 Å². The molecule has 3 aliphatic rings. The van der Waals surface area contributed by atoms with Crippen molar-refractivity contribution in [1.82, 2.24) is 5.32 Å². The molecule has 5 heteroatoms. The van der Waals surface area contributed by atoms with Crippen molar-refractivity contribution >= 4 is 5.91 Å². The van der Waals surface area contributed by atoms with Gasteiger partial charge in [0, 0.05) is 0 Å². The second-order valence-electron chi connectivity index (χ2n) is 7.86. The molecule has 2 aromatic carbocycles. The van der Waals surface area contributed by atoms with E-state index >= 15 is 0 Å². The standard InChI is InChI=1S/C23H25NO4/c25-22(14-28-19-8-6-15-2-1-3-17(15)12-19)24-23(16-4-5-16)18-7-9-20-21(13-18)27-11-10-26-20/h6-9,12-13,16,23H,1-5,10-11,14H2,(H,24,25). The third-order valence-electron chi connectivity index (χ3n) is 5.78. The van der Waals surface area contributed by atoms with E-state index in [1.807, 2.05) is 24.3 Å². The lowest BCUT2D eigenvalue weighted by molar-refractivity contribution is -0.124. The number of aryl methyl sites for hydroxylation is 2. The molecule has 1 atom stereocenters. The molecule has 0 bridgehead atoms. The number of carbonyl (C=O) groups is 1. The number of ether oxygens (including phenoxy) is 3. The Morgan fingerprint density at radius 3 is 2.71 bits per heavy atom. The summed E-state index contributed by atoms with van der Waals surface area (Å²) < 4.78 is 17.1. The van der Waals surface area contributed by atoms with E-state index in [0.29, 0.717) is 19.1 Å². The molecule has 1 fully saturated rings. The van der Waals surface area contributed by atoms with E-state index in [1.165, 1.54) is 17.5 Å². The Bertz CT molecular complexity index is 890. The van der Waals surface area contributed by atoms with Crippen LogP contribution in [0.1, 0.15) is 42.0 Å². The van der Waals surface area contributed by atoms with E-state index < -0.39 is 0 Å². The largest absolute Gasteiger partial charge is 0.486 e. The van der Waals surface area contributed by atoms with Crippen molar-refractivity contribution in [3.8, 4) is 17.2 Å². The number of hydrogen-bond donors (Lipinski definition) is 1. The molecule has 2 aliphatic carbocycles. The third kappa shape index (κ3) is 3.66. The van der Waals surface area contributed by atoms with Gasteiger partial charge in [0.15, 0.2) is 18.1 Å². The first-order valence-electron chi connectivity index (χ1n) is 10.2. The topological polar surface area (TPSA) is 56.8 Å². The maximum absolute atomic E-state index is 12.6. The molecule has 28 heavy (non-hydrogen) atoms. The van der Waals surface area contributed by atoms with Crippen LogP contribution in [-0.2, 0) is 17.6 Å². The van der Waals surface area contributed by atoms with Crippen molar-refractivity contribution in [3.05, 3.63) is 53.1 Å². The minimum absolute atomic E-state index is 0.00746. The Morgan fingerprint density at radius 1 is 1.04 bits per heavy atom. The average molecular weight is 379 g/mol. The number of nitrogens with one attached hydrogen (secondary N) is 1. The van der Waals surface area contributed by atoms with Crippen LogP contribution in [-0.4, -0.2) is 25.7 Å². The monoisotopic (exact) mass is 379 g/mol. The third-order valence-corrected chi connectivity index (χ3v) is 5.78. The Morgan fingerprint density at radius 2 is 1.86 bits per heavy atom. The smallest absolute Gasteiger partial charge is 0.258 e. The average Bonchev–Trinajstić information content (AvgIpc) is 3.46. The van der Waals surface area contributed by atoms with E-state index in [-0.39, 0.29) is 18.6 Å². The van der Waals surface area contributed by atoms with Crippen LogP contribution >= 0.6 is 0 Å². The van der Waals surface area contributed by atoms with Crippen molar-refractivity contribution in [2.75, 3.05) is 19.8 Å². The molecular formula is C23H25NO4. The number of benzene rings is 2. The van der Waals surface area contributed by atoms with Gasteiger partial charge in [-0.2, -0.15) is 0 Å². The molecule has 5 rings (SSSR count). The molecule has 1 N–H and O–H groups in total. The molecular weight excluding hydrogens is 354 g/mol. The maximum Gasteiger partial charge on any atom is 0.258 e. The highest BCUT2D eigenvalue weighted by Gasteiger charge is 2.34. The molecule has 1 unspecified atom stereocenters. The molecule has 2 aromatic rings. The minimum atomic E-state index is -0.0905. The molecule has 1 aliphatic heterocycles. The van der Waals surface area contributed by atoms with Crippen molar-refractivity contribution in [1.29, 1.82) is 0 Å². The minimum Gasteiger partial charge on any atom is -0.486 e. The van der Waals surface area contributed by atoms with Gasteiger partial charge in [-0.05, 0) is 79.0 Å². The molecule has 5 nitrogen and oxygen atoms in total. The zero-order valence-corrected chi connectivity index (χ0v) is 15.9. The summed E-state index contributed by atoms with van der Waals surface area (Å²) in [7, 11) is 0. The number of carbonyl (C=O) groups excluding carboxylic acids is 1. The molecule has 1 amide bonds. The first kappa shape index (κ1) is 17.4. The van der Waals surface area contributed by atoms with Crippen molar-refractivity contribution in [2.24, 2.45) is 5.92 Å². The van der Waals surface area contributed by atoms with Gasteiger partial charge in [0.25, 0.3) is 5.91 Å². The van der Waals surface area contributed by atoms with Crippen LogP contribution in [0.4, 0.5) is 0 Å². The first-order valence-corrected chi connectivity index (χ1v) is 10.2. The number of hydrogen-bond acceptors (Lipinski definition) is 4. The molecule has 1 saturated carbocycles. The van der Waals surface area contributed by atoms with Gasteiger partial charge in [0.1, 0.15) is 19.0 Å². The van der Waals surface area contributed by atoms with Crippen LogP contribution in [0.15, 0.2) is 36.4 Å². The van der Waals surface area contributed by atoms with Crippen molar-refractivity contribution in [3.63, 3.8) is 0 Å². The molecule has 146 valence electrons. The first-order chi connectivity index (χ1) is 13.8. The SMILES string of the molecule is O=C(COc1ccc2c(c1)CCC2)NC(c1ccc2c(c1)OCCO2)C1CC1. The maximum atomic E-state index is 12.6. The highest BCUT2D eigenvalue weighted by atomic mass is 16.6. The fourth-order valence-corrected chi connectivity index (χ4v) is 4.16. The van der Waals surface area contributed by atoms with Crippen LogP contribution in [0.2, 0.25) is 0 Å². The fourth-order valence-electron chi connectivity index (χ4n) is 4.16. The van der Waals surface area contributed by atoms with E-state index in [0.717, 1.165) is 48.5 Å². The van der Waals surface area contributed by atoms with Crippen LogP contribution in [0.5, 0.6) is 17.2 Å². The summed E-state index contributed by atoms with van der Waals surface area (Å²) in [6.07, 6.45) is 5.72. The molecule has 1 heterocycles. The molecule has 0 saturated heterocycles. The van der Waals surface area contributed by atoms with Gasteiger partial charge in [-0.3, -0.25) is 4.79 Å². The second kappa shape index (κ2) is 7.38. The van der Waals surface area contributed by atoms with E-state index in [2.05, 4.69) is 17.4 Å². The number of rotatable bonds is 6. The zero-order chi connectivity index (χ0) is 18.9. The van der Waals surface area contributed by atoms with Crippen LogP contribution in [0, 0.1) is 5.92 Å². The lowest BCUT2D eigenvalue weighted by Crippen LogP contribution is -2.33. The van der Waals surface area contributed by atoms with Crippen LogP contribution < -0.4 is 19.5 Å². The highest BCUT2D eigenvalue weighted by Crippen LogP contribution is 2.43. The van der Waals surface area contributed by atoms with E-state index in [1.54, 1.807) is 0 Å². The van der Waals surface area contributed by atoms with Gasteiger partial charge in [0.2, 0.25) is 0 Å². The Balaban J connectivity index is 1.23. The summed E-state index contributed by atoms with van der Waals surface area (Å²) >= 11 is 0. The van der Waals surface area contributed by atoms with Gasteiger partial charge >= 0.3 is 0 Å². The second-order valence-corrected chi connectivity index (χ2v) is 7.86. The van der Waals surface area contributed by atoms with Gasteiger partial charge in [-0.1, -0.05) is 12.1 Å². The lowest BCUT2D eigenvalue weighted by atomic mass is 10.0. The Kier molecular flexibility index (Phi) is 4.59. The summed E-state index contributed by atoms with van der Waals surface area (Å²) in [5.74, 6) is 2.70. The fraction of sp³-hybridized carbons (Fsp3) is 0.435. The summed E-state index contributed by atoms with van der Waals surface area (Å²) in [6, 6.07) is 12.1. The number of amides is 1. The predicted molar refractivity (Wildman–Crippen MR) is 105 cm³/mol. The van der Waals surface area contributed by atoms with E-state index in [4.69, 9.17) is 14.2 Å². The number of fused-ring (bicyclic) bond motifs is 2. The zero-order valence-electron chi connectivity index (χ0n) is 15.9. The highest BCUT2D eigenvalue weighted by molar-refractivity contribution is 5.78. The van der Waals surface area contributed by atoms with Gasteiger partial charge < -0.3 is 19.5 Å². The quantitative estimate of drug-likeness (QED) is 0.833. The van der Waals surface area contributed by atoms with E-state index in [9.17, 15) is 4.79 Å². The summed E-state index contributed by atoms with van der Waals surface area (Å²) in [5.41, 5.74) is 3.83.